The molecule has 1 amide bonds. The topological polar surface area (TPSA) is 42.0 Å². The molecule has 6 heteroatoms. The number of pyridine rings is 1. The first kappa shape index (κ1) is 15.6. The van der Waals surface area contributed by atoms with Gasteiger partial charge < -0.3 is 5.32 Å². The molecule has 0 saturated carbocycles. The zero-order chi connectivity index (χ0) is 15.4. The summed E-state index contributed by atoms with van der Waals surface area (Å²) >= 11 is 3.18. The van der Waals surface area contributed by atoms with Gasteiger partial charge in [0.25, 0.3) is 5.91 Å². The minimum Gasteiger partial charge on any atom is -0.349 e. The predicted molar refractivity (Wildman–Crippen MR) is 78.9 cm³/mol. The highest BCUT2D eigenvalue weighted by molar-refractivity contribution is 9.10. The van der Waals surface area contributed by atoms with Crippen LogP contribution in [0.3, 0.4) is 0 Å². The summed E-state index contributed by atoms with van der Waals surface area (Å²) in [5, 5.41) is 2.69. The number of rotatable bonds is 4. The number of benzene rings is 1. The van der Waals surface area contributed by atoms with E-state index in [1.54, 1.807) is 19.1 Å². The van der Waals surface area contributed by atoms with E-state index in [2.05, 4.69) is 26.2 Å². The Hall–Kier alpha value is -1.82. The number of amides is 1. The molecule has 0 fully saturated rings. The van der Waals surface area contributed by atoms with E-state index in [1.165, 1.54) is 24.4 Å². The summed E-state index contributed by atoms with van der Waals surface area (Å²) in [6.07, 6.45) is 1.50. The smallest absolute Gasteiger partial charge is 0.253 e. The third-order valence-electron chi connectivity index (χ3n) is 2.94. The van der Waals surface area contributed by atoms with E-state index >= 15 is 0 Å². The molecule has 0 aliphatic rings. The van der Waals surface area contributed by atoms with Crippen molar-refractivity contribution in [3.63, 3.8) is 0 Å². The Morgan fingerprint density at radius 3 is 2.52 bits per heavy atom. The molecule has 0 spiro atoms. The number of aromatic nitrogens is 1. The molecule has 0 aliphatic heterocycles. The molecular weight excluding hydrogens is 342 g/mol. The maximum Gasteiger partial charge on any atom is 0.253 e. The van der Waals surface area contributed by atoms with Crippen LogP contribution in [0.4, 0.5) is 8.78 Å². The first-order valence-corrected chi connectivity index (χ1v) is 7.12. The minimum absolute atomic E-state index is 0.0285. The molecule has 1 aromatic heterocycles. The van der Waals surface area contributed by atoms with Crippen molar-refractivity contribution in [2.75, 3.05) is 0 Å². The summed E-state index contributed by atoms with van der Waals surface area (Å²) in [5.41, 5.74) is 0.360. The minimum atomic E-state index is -0.610. The molecule has 0 bridgehead atoms. The van der Waals surface area contributed by atoms with Gasteiger partial charge in [-0.2, -0.15) is 0 Å². The zero-order valence-electron chi connectivity index (χ0n) is 11.2. The highest BCUT2D eigenvalue weighted by atomic mass is 79.9. The quantitative estimate of drug-likeness (QED) is 0.854. The van der Waals surface area contributed by atoms with Crippen molar-refractivity contribution in [3.05, 3.63) is 63.9 Å². The first-order chi connectivity index (χ1) is 9.97. The van der Waals surface area contributed by atoms with E-state index in [4.69, 9.17) is 0 Å². The van der Waals surface area contributed by atoms with E-state index in [-0.39, 0.29) is 17.9 Å². The normalized spacial score (nSPS) is 12.0. The predicted octanol–water partition coefficient (Wildman–Crippen LogP) is 3.48. The lowest BCUT2D eigenvalue weighted by atomic mass is 10.1. The first-order valence-electron chi connectivity index (χ1n) is 6.32. The van der Waals surface area contributed by atoms with Gasteiger partial charge in [0.05, 0.1) is 5.56 Å². The highest BCUT2D eigenvalue weighted by Crippen LogP contribution is 2.14. The third-order valence-corrected chi connectivity index (χ3v) is 3.41. The number of nitrogens with zero attached hydrogens (tertiary/aromatic N) is 1. The number of carbonyl (C=O) groups is 1. The van der Waals surface area contributed by atoms with Crippen LogP contribution in [-0.4, -0.2) is 16.9 Å². The number of hydrogen-bond acceptors (Lipinski definition) is 2. The lowest BCUT2D eigenvalue weighted by Crippen LogP contribution is -2.34. The summed E-state index contributed by atoms with van der Waals surface area (Å²) in [4.78, 5) is 15.9. The van der Waals surface area contributed by atoms with Crippen LogP contribution in [-0.2, 0) is 6.42 Å². The van der Waals surface area contributed by atoms with Crippen molar-refractivity contribution in [3.8, 4) is 0 Å². The molecule has 0 aliphatic carbocycles. The summed E-state index contributed by atoms with van der Waals surface area (Å²) in [5.74, 6) is -1.55. The molecule has 1 aromatic carbocycles. The van der Waals surface area contributed by atoms with E-state index < -0.39 is 17.7 Å². The van der Waals surface area contributed by atoms with Crippen LogP contribution in [0, 0.1) is 11.6 Å². The Kier molecular flexibility index (Phi) is 5.01. The maximum atomic E-state index is 13.5. The lowest BCUT2D eigenvalue weighted by Gasteiger charge is -2.15. The fourth-order valence-electron chi connectivity index (χ4n) is 1.90. The summed E-state index contributed by atoms with van der Waals surface area (Å²) < 4.78 is 27.7. The maximum absolute atomic E-state index is 13.5. The molecule has 21 heavy (non-hydrogen) atoms. The number of hydrogen-bond donors (Lipinski definition) is 1. The van der Waals surface area contributed by atoms with Gasteiger partial charge in [-0.25, -0.2) is 13.8 Å². The molecular formula is C15H13BrF2N2O. The van der Waals surface area contributed by atoms with E-state index in [9.17, 15) is 13.6 Å². The Morgan fingerprint density at radius 1 is 1.29 bits per heavy atom. The summed E-state index contributed by atoms with van der Waals surface area (Å²) in [6.45, 7) is 1.69. The summed E-state index contributed by atoms with van der Waals surface area (Å²) in [6, 6.07) is 6.56. The average Bonchev–Trinajstić information content (AvgIpc) is 2.43. The molecule has 1 heterocycles. The second-order valence-electron chi connectivity index (χ2n) is 4.65. The number of carbonyl (C=O) groups excluding carboxylic acids is 1. The zero-order valence-corrected chi connectivity index (χ0v) is 12.8. The Bertz CT molecular complexity index is 626. The van der Waals surface area contributed by atoms with Gasteiger partial charge in [-0.3, -0.25) is 4.79 Å². The van der Waals surface area contributed by atoms with Crippen molar-refractivity contribution < 1.29 is 13.6 Å². The van der Waals surface area contributed by atoms with Gasteiger partial charge in [0.2, 0.25) is 0 Å². The average molecular weight is 355 g/mol. The molecule has 1 N–H and O–H groups in total. The van der Waals surface area contributed by atoms with Crippen LogP contribution in [0.2, 0.25) is 0 Å². The molecule has 0 saturated heterocycles. The van der Waals surface area contributed by atoms with Crippen LogP contribution >= 0.6 is 15.9 Å². The van der Waals surface area contributed by atoms with E-state index in [1.807, 2.05) is 0 Å². The van der Waals surface area contributed by atoms with Crippen molar-refractivity contribution in [1.29, 1.82) is 0 Å². The van der Waals surface area contributed by atoms with Gasteiger partial charge in [-0.05, 0) is 53.5 Å². The lowest BCUT2D eigenvalue weighted by molar-refractivity contribution is 0.0939. The molecule has 110 valence electrons. The van der Waals surface area contributed by atoms with Crippen molar-refractivity contribution >= 4 is 21.8 Å². The van der Waals surface area contributed by atoms with Crippen molar-refractivity contribution in [2.24, 2.45) is 0 Å². The molecule has 1 unspecified atom stereocenters. The number of halogens is 3. The molecule has 0 radical (unpaired) electrons. The van der Waals surface area contributed by atoms with Crippen LogP contribution < -0.4 is 5.32 Å². The van der Waals surface area contributed by atoms with Gasteiger partial charge in [-0.1, -0.05) is 6.07 Å². The SMILES string of the molecule is CC(Cc1c(F)cccc1F)NC(=O)c1ccc(Br)nc1. The van der Waals surface area contributed by atoms with Crippen molar-refractivity contribution in [2.45, 2.75) is 19.4 Å². The fourth-order valence-corrected chi connectivity index (χ4v) is 2.14. The van der Waals surface area contributed by atoms with Crippen molar-refractivity contribution in [1.82, 2.24) is 10.3 Å². The molecule has 2 aromatic rings. The van der Waals surface area contributed by atoms with Crippen LogP contribution in [0.5, 0.6) is 0 Å². The molecule has 1 atom stereocenters. The van der Waals surface area contributed by atoms with Gasteiger partial charge in [-0.15, -0.1) is 0 Å². The van der Waals surface area contributed by atoms with Crippen LogP contribution in [0.25, 0.3) is 0 Å². The third kappa shape index (κ3) is 4.07. The van der Waals surface area contributed by atoms with Crippen LogP contribution in [0.15, 0.2) is 41.1 Å². The number of nitrogens with one attached hydrogen (secondary N) is 1. The van der Waals surface area contributed by atoms with Gasteiger partial charge in [0.1, 0.15) is 16.2 Å². The van der Waals surface area contributed by atoms with E-state index in [0.29, 0.717) is 10.2 Å². The fraction of sp³-hybridized carbons (Fsp3) is 0.200. The van der Waals surface area contributed by atoms with Gasteiger partial charge in [0.15, 0.2) is 0 Å². The Balaban J connectivity index is 2.03. The van der Waals surface area contributed by atoms with E-state index in [0.717, 1.165) is 0 Å². The Labute approximate surface area is 129 Å². The standard InChI is InChI=1S/C15H13BrF2N2O/c1-9(7-11-12(17)3-2-4-13(11)18)20-15(21)10-5-6-14(16)19-8-10/h2-6,8-9H,7H2,1H3,(H,20,21). The second kappa shape index (κ2) is 6.76. The van der Waals surface area contributed by atoms with Gasteiger partial charge in [0, 0.05) is 17.8 Å². The second-order valence-corrected chi connectivity index (χ2v) is 5.46. The monoisotopic (exact) mass is 354 g/mol. The molecule has 2 rings (SSSR count). The van der Waals surface area contributed by atoms with Gasteiger partial charge >= 0.3 is 0 Å². The Morgan fingerprint density at radius 2 is 1.95 bits per heavy atom. The van der Waals surface area contributed by atoms with Crippen LogP contribution in [0.1, 0.15) is 22.8 Å². The highest BCUT2D eigenvalue weighted by Gasteiger charge is 2.15. The largest absolute Gasteiger partial charge is 0.349 e. The summed E-state index contributed by atoms with van der Waals surface area (Å²) in [7, 11) is 0. The molecule has 3 nitrogen and oxygen atoms in total.